The number of piperidine rings is 1. The zero-order valence-electron chi connectivity index (χ0n) is 13.6. The molecule has 21 heavy (non-hydrogen) atoms. The Morgan fingerprint density at radius 3 is 2.29 bits per heavy atom. The van der Waals surface area contributed by atoms with E-state index < -0.39 is 37.5 Å². The van der Waals surface area contributed by atoms with E-state index in [1.807, 2.05) is 19.6 Å². The summed E-state index contributed by atoms with van der Waals surface area (Å²) in [6, 6.07) is 0. The summed E-state index contributed by atoms with van der Waals surface area (Å²) in [6.07, 6.45) is -0.347. The number of likely N-dealkylation sites (tertiary alicyclic amines) is 1. The molecule has 2 atom stereocenters. The molecule has 0 aromatic carbocycles. The number of nitrogens with zero attached hydrogens (tertiary/aromatic N) is 1. The fourth-order valence-electron chi connectivity index (χ4n) is 2.95. The Labute approximate surface area is 125 Å². The van der Waals surface area contributed by atoms with E-state index in [4.69, 9.17) is 9.16 Å². The zero-order chi connectivity index (χ0) is 16.3. The molecular formula is C14H25F2NO3Si. The average molecular weight is 321 g/mol. The van der Waals surface area contributed by atoms with Gasteiger partial charge in [0.25, 0.3) is 5.92 Å². The van der Waals surface area contributed by atoms with Crippen molar-refractivity contribution in [2.75, 3.05) is 13.1 Å². The van der Waals surface area contributed by atoms with Crippen molar-refractivity contribution >= 4 is 14.4 Å². The van der Waals surface area contributed by atoms with Gasteiger partial charge in [-0.05, 0) is 46.8 Å². The quantitative estimate of drug-likeness (QED) is 0.731. The molecule has 2 unspecified atom stereocenters. The third-order valence-corrected chi connectivity index (χ3v) is 4.75. The van der Waals surface area contributed by atoms with E-state index in [-0.39, 0.29) is 19.5 Å². The number of carbonyl (C=O) groups is 1. The molecule has 0 spiro atoms. The van der Waals surface area contributed by atoms with Crippen molar-refractivity contribution in [3.63, 3.8) is 0 Å². The SMILES string of the molecule is CC(C)(C)OC(=O)N1CCC2(O[Si](C)(C)C)C(C1)C2(F)F. The van der Waals surface area contributed by atoms with E-state index in [9.17, 15) is 13.6 Å². The molecule has 122 valence electrons. The standard InChI is InChI=1S/C14H25F2NO3Si/c1-12(2,3)19-11(18)17-8-7-13(20-21(4,5)6)10(9-17)14(13,15)16/h10H,7-9H2,1-6H3. The summed E-state index contributed by atoms with van der Waals surface area (Å²) >= 11 is 0. The molecule has 4 nitrogen and oxygen atoms in total. The highest BCUT2D eigenvalue weighted by Crippen LogP contribution is 2.65. The second-order valence-electron chi connectivity index (χ2n) is 7.96. The van der Waals surface area contributed by atoms with E-state index in [0.717, 1.165) is 0 Å². The van der Waals surface area contributed by atoms with Crippen LogP contribution in [0.3, 0.4) is 0 Å². The molecule has 2 rings (SSSR count). The third-order valence-electron chi connectivity index (χ3n) is 3.78. The van der Waals surface area contributed by atoms with Crippen molar-refractivity contribution in [1.82, 2.24) is 4.90 Å². The first-order valence-electron chi connectivity index (χ1n) is 7.34. The van der Waals surface area contributed by atoms with Crippen molar-refractivity contribution in [3.05, 3.63) is 0 Å². The number of rotatable bonds is 2. The first-order chi connectivity index (χ1) is 9.29. The highest BCUT2D eigenvalue weighted by atomic mass is 28.4. The van der Waals surface area contributed by atoms with Crippen LogP contribution in [0.25, 0.3) is 0 Å². The largest absolute Gasteiger partial charge is 0.444 e. The Kier molecular flexibility index (Phi) is 3.69. The Balaban J connectivity index is 2.05. The lowest BCUT2D eigenvalue weighted by atomic mass is 10.1. The second-order valence-corrected chi connectivity index (χ2v) is 12.4. The van der Waals surface area contributed by atoms with Crippen molar-refractivity contribution in [3.8, 4) is 0 Å². The van der Waals surface area contributed by atoms with Crippen LogP contribution in [0.4, 0.5) is 13.6 Å². The molecule has 1 heterocycles. The van der Waals surface area contributed by atoms with E-state index in [1.54, 1.807) is 20.8 Å². The summed E-state index contributed by atoms with van der Waals surface area (Å²) in [5.41, 5.74) is -1.97. The van der Waals surface area contributed by atoms with Gasteiger partial charge in [-0.2, -0.15) is 0 Å². The molecule has 2 aliphatic rings. The third kappa shape index (κ3) is 3.08. The van der Waals surface area contributed by atoms with Crippen LogP contribution in [0, 0.1) is 5.92 Å². The smallest absolute Gasteiger partial charge is 0.410 e. The fourth-order valence-corrected chi connectivity index (χ4v) is 4.42. The van der Waals surface area contributed by atoms with Crippen molar-refractivity contribution in [1.29, 1.82) is 0 Å². The number of ether oxygens (including phenoxy) is 1. The van der Waals surface area contributed by atoms with E-state index >= 15 is 0 Å². The van der Waals surface area contributed by atoms with Crippen LogP contribution in [0.5, 0.6) is 0 Å². The van der Waals surface area contributed by atoms with Gasteiger partial charge in [0.05, 0.1) is 5.92 Å². The molecule has 2 fully saturated rings. The Bertz CT molecular complexity index is 444. The molecule has 0 bridgehead atoms. The number of halogens is 2. The molecule has 1 aliphatic carbocycles. The second kappa shape index (κ2) is 4.65. The van der Waals surface area contributed by atoms with Crippen LogP contribution in [0.15, 0.2) is 0 Å². The number of hydrogen-bond donors (Lipinski definition) is 0. The van der Waals surface area contributed by atoms with Crippen LogP contribution in [0.1, 0.15) is 27.2 Å². The van der Waals surface area contributed by atoms with Crippen LogP contribution in [-0.2, 0) is 9.16 Å². The summed E-state index contributed by atoms with van der Waals surface area (Å²) in [4.78, 5) is 13.4. The number of alkyl halides is 2. The molecule has 1 aliphatic heterocycles. The predicted octanol–water partition coefficient (Wildman–Crippen LogP) is 3.48. The monoisotopic (exact) mass is 321 g/mol. The van der Waals surface area contributed by atoms with Crippen LogP contribution in [-0.4, -0.2) is 49.5 Å². The Morgan fingerprint density at radius 1 is 1.29 bits per heavy atom. The number of carbonyl (C=O) groups excluding carboxylic acids is 1. The zero-order valence-corrected chi connectivity index (χ0v) is 14.6. The van der Waals surface area contributed by atoms with Crippen molar-refractivity contribution < 1.29 is 22.7 Å². The molecular weight excluding hydrogens is 296 g/mol. The van der Waals surface area contributed by atoms with E-state index in [2.05, 4.69) is 0 Å². The Morgan fingerprint density at radius 2 is 1.86 bits per heavy atom. The molecule has 0 aromatic rings. The van der Waals surface area contributed by atoms with Gasteiger partial charge in [-0.3, -0.25) is 0 Å². The minimum atomic E-state index is -2.84. The molecule has 7 heteroatoms. The van der Waals surface area contributed by atoms with Gasteiger partial charge in [0.15, 0.2) is 8.32 Å². The molecule has 1 saturated heterocycles. The van der Waals surface area contributed by atoms with Gasteiger partial charge in [0.1, 0.15) is 11.2 Å². The summed E-state index contributed by atoms with van der Waals surface area (Å²) in [7, 11) is -2.07. The number of amides is 1. The lowest BCUT2D eigenvalue weighted by Gasteiger charge is -2.34. The summed E-state index contributed by atoms with van der Waals surface area (Å²) < 4.78 is 39.4. The molecule has 0 aromatic heterocycles. The van der Waals surface area contributed by atoms with Gasteiger partial charge in [0.2, 0.25) is 0 Å². The molecule has 1 saturated carbocycles. The van der Waals surface area contributed by atoms with Gasteiger partial charge in [-0.15, -0.1) is 0 Å². The summed E-state index contributed by atoms with van der Waals surface area (Å²) in [6.45, 7) is 11.3. The molecule has 0 N–H and O–H groups in total. The first kappa shape index (κ1) is 16.7. The van der Waals surface area contributed by atoms with Gasteiger partial charge >= 0.3 is 6.09 Å². The highest BCUT2D eigenvalue weighted by Gasteiger charge is 2.83. The minimum Gasteiger partial charge on any atom is -0.444 e. The highest BCUT2D eigenvalue weighted by molar-refractivity contribution is 6.69. The number of fused-ring (bicyclic) bond motifs is 1. The van der Waals surface area contributed by atoms with Crippen LogP contribution < -0.4 is 0 Å². The normalized spacial score (nSPS) is 31.6. The maximum Gasteiger partial charge on any atom is 0.410 e. The average Bonchev–Trinajstić information content (AvgIpc) is 2.69. The van der Waals surface area contributed by atoms with Crippen molar-refractivity contribution in [2.45, 2.75) is 64.0 Å². The maximum absolute atomic E-state index is 14.2. The molecule has 1 amide bonds. The molecule has 0 radical (unpaired) electrons. The number of hydrogen-bond acceptors (Lipinski definition) is 3. The lowest BCUT2D eigenvalue weighted by Crippen LogP contribution is -2.47. The van der Waals surface area contributed by atoms with Crippen LogP contribution in [0.2, 0.25) is 19.6 Å². The maximum atomic E-state index is 14.2. The van der Waals surface area contributed by atoms with E-state index in [1.165, 1.54) is 4.90 Å². The fraction of sp³-hybridized carbons (Fsp3) is 0.929. The summed E-state index contributed by atoms with van der Waals surface area (Å²) in [5.74, 6) is -3.75. The first-order valence-corrected chi connectivity index (χ1v) is 10.8. The van der Waals surface area contributed by atoms with Crippen LogP contribution >= 0.6 is 0 Å². The topological polar surface area (TPSA) is 38.8 Å². The predicted molar refractivity (Wildman–Crippen MR) is 78.0 cm³/mol. The van der Waals surface area contributed by atoms with Gasteiger partial charge in [-0.1, -0.05) is 0 Å². The van der Waals surface area contributed by atoms with Crippen molar-refractivity contribution in [2.24, 2.45) is 5.92 Å². The minimum absolute atomic E-state index is 0.00634. The Hall–Kier alpha value is -0.693. The summed E-state index contributed by atoms with van der Waals surface area (Å²) in [5, 5.41) is 0. The van der Waals surface area contributed by atoms with Gasteiger partial charge in [0, 0.05) is 13.1 Å². The van der Waals surface area contributed by atoms with Gasteiger partial charge in [-0.25, -0.2) is 13.6 Å². The lowest BCUT2D eigenvalue weighted by molar-refractivity contribution is -0.00779. The van der Waals surface area contributed by atoms with E-state index in [0.29, 0.717) is 0 Å². The van der Waals surface area contributed by atoms with Gasteiger partial charge < -0.3 is 14.1 Å².